The molecule has 1 aromatic heterocycles. The lowest BCUT2D eigenvalue weighted by molar-refractivity contribution is -0.121. The van der Waals surface area contributed by atoms with E-state index in [1.54, 1.807) is 6.92 Å². The molecule has 0 aliphatic rings. The molecule has 0 saturated heterocycles. The Morgan fingerprint density at radius 2 is 1.74 bits per heavy atom. The lowest BCUT2D eigenvalue weighted by Crippen LogP contribution is -2.18. The minimum Gasteiger partial charge on any atom is -0.369 e. The molecule has 1 N–H and O–H groups in total. The van der Waals surface area contributed by atoms with Crippen molar-refractivity contribution < 1.29 is 23.9 Å². The molecule has 0 saturated carbocycles. The maximum Gasteiger partial charge on any atom is 0.250 e. The largest absolute Gasteiger partial charge is 0.369 e. The van der Waals surface area contributed by atoms with Crippen molar-refractivity contribution in [1.29, 1.82) is 0 Å². The Bertz CT molecular complexity index is 1490. The van der Waals surface area contributed by atoms with Gasteiger partial charge in [-0.1, -0.05) is 57.2 Å². The number of amides is 1. The van der Waals surface area contributed by atoms with Gasteiger partial charge in [0, 0.05) is 18.2 Å². The molecule has 2 aromatic carbocycles. The smallest absolute Gasteiger partial charge is 0.250 e. The van der Waals surface area contributed by atoms with Gasteiger partial charge in [-0.05, 0) is 91.1 Å². The number of rotatable bonds is 14. The molecule has 222 valence electrons. The van der Waals surface area contributed by atoms with Crippen LogP contribution in [0.15, 0.2) is 65.8 Å². The number of aromatic nitrogens is 1. The Morgan fingerprint density at radius 3 is 2.33 bits per heavy atom. The van der Waals surface area contributed by atoms with Crippen LogP contribution >= 0.6 is 0 Å². The summed E-state index contributed by atoms with van der Waals surface area (Å²) in [5.41, 5.74) is 7.43. The van der Waals surface area contributed by atoms with Crippen LogP contribution in [0.3, 0.4) is 0 Å². The van der Waals surface area contributed by atoms with Gasteiger partial charge >= 0.3 is 0 Å². The molecule has 0 aliphatic carbocycles. The van der Waals surface area contributed by atoms with Crippen molar-refractivity contribution in [2.75, 3.05) is 19.0 Å². The number of aryl methyl sites for hydroxylation is 1. The summed E-state index contributed by atoms with van der Waals surface area (Å²) in [6.45, 7) is 11.9. The van der Waals surface area contributed by atoms with Gasteiger partial charge in [0.05, 0.1) is 17.8 Å². The number of fused-ring (bicyclic) bond motifs is 1. The first-order valence-electron chi connectivity index (χ1n) is 14.3. The van der Waals surface area contributed by atoms with Gasteiger partial charge in [0.15, 0.2) is 12.1 Å². The number of Topliss-reactive ketones (excluding diaryl/α,β-unsaturated/α-hetero) is 1. The molecule has 1 amide bonds. The number of carbonyl (C=O) groups is 3. The van der Waals surface area contributed by atoms with E-state index < -0.39 is 6.10 Å². The van der Waals surface area contributed by atoms with Gasteiger partial charge < -0.3 is 19.6 Å². The maximum absolute atomic E-state index is 12.6. The second-order valence-corrected chi connectivity index (χ2v) is 10.9. The first kappa shape index (κ1) is 32.6. The predicted octanol–water partition coefficient (Wildman–Crippen LogP) is 6.67. The minimum atomic E-state index is -0.855. The second kappa shape index (κ2) is 15.3. The average molecular weight is 571 g/mol. The fourth-order valence-corrected chi connectivity index (χ4v) is 5.00. The van der Waals surface area contributed by atoms with Crippen molar-refractivity contribution in [3.8, 4) is 0 Å². The molecule has 0 fully saturated rings. The SMILES string of the molecule is CCc1c(CC(C)C)c(/C(C)=C/C(=C(/C)C(C)=O)C(C=O)OC)nc2ccc(NC(=O)COCc3ccccc3)cc12. The molecular weight excluding hydrogens is 528 g/mol. The topological polar surface area (TPSA) is 94.6 Å². The van der Waals surface area contributed by atoms with E-state index in [-0.39, 0.29) is 18.3 Å². The van der Waals surface area contributed by atoms with E-state index in [2.05, 4.69) is 26.1 Å². The normalized spacial score (nSPS) is 13.2. The van der Waals surface area contributed by atoms with Crippen molar-refractivity contribution in [1.82, 2.24) is 4.98 Å². The van der Waals surface area contributed by atoms with Crippen LogP contribution < -0.4 is 5.32 Å². The number of ether oxygens (including phenoxy) is 2. The summed E-state index contributed by atoms with van der Waals surface area (Å²) in [7, 11) is 1.45. The highest BCUT2D eigenvalue weighted by atomic mass is 16.5. The Labute approximate surface area is 249 Å². The number of benzene rings is 2. The van der Waals surface area contributed by atoms with Crippen molar-refractivity contribution in [3.63, 3.8) is 0 Å². The Hall–Kier alpha value is -3.94. The minimum absolute atomic E-state index is 0.0495. The van der Waals surface area contributed by atoms with Gasteiger partial charge in [-0.2, -0.15) is 0 Å². The summed E-state index contributed by atoms with van der Waals surface area (Å²) in [4.78, 5) is 41.7. The maximum atomic E-state index is 12.6. The molecular formula is C35H42N2O5. The van der Waals surface area contributed by atoms with Crippen LogP contribution in [0.25, 0.3) is 16.5 Å². The third kappa shape index (κ3) is 8.30. The van der Waals surface area contributed by atoms with Crippen LogP contribution in [0.5, 0.6) is 0 Å². The third-order valence-electron chi connectivity index (χ3n) is 7.19. The molecule has 0 spiro atoms. The van der Waals surface area contributed by atoms with Gasteiger partial charge in [-0.3, -0.25) is 9.59 Å². The molecule has 0 bridgehead atoms. The van der Waals surface area contributed by atoms with Gasteiger partial charge in [0.25, 0.3) is 0 Å². The molecule has 3 aromatic rings. The molecule has 1 heterocycles. The zero-order valence-corrected chi connectivity index (χ0v) is 25.7. The molecule has 0 radical (unpaired) electrons. The second-order valence-electron chi connectivity index (χ2n) is 10.9. The molecule has 1 atom stereocenters. The van der Waals surface area contributed by atoms with E-state index >= 15 is 0 Å². The number of hydrogen-bond donors (Lipinski definition) is 1. The standard InChI is InChI=1S/C35H42N2O5/c1-8-28-30-18-27(36-34(40)21-42-20-26-12-10-9-11-13-26)14-15-32(30)37-35(31(28)16-22(2)3)23(4)17-29(24(5)25(6)39)33(19-38)41-7/h9-15,17-19,22,33H,8,16,20-21H2,1-7H3,(H,36,40)/b23-17+,29-24+. The number of nitrogens with zero attached hydrogens (tertiary/aromatic N) is 1. The van der Waals surface area contributed by atoms with E-state index in [9.17, 15) is 14.4 Å². The van der Waals surface area contributed by atoms with E-state index in [4.69, 9.17) is 14.5 Å². The van der Waals surface area contributed by atoms with Crippen LogP contribution in [-0.2, 0) is 43.3 Å². The number of aldehydes is 1. The quantitative estimate of drug-likeness (QED) is 0.132. The fraction of sp³-hybridized carbons (Fsp3) is 0.371. The first-order chi connectivity index (χ1) is 20.1. The highest BCUT2D eigenvalue weighted by molar-refractivity contribution is 5.97. The van der Waals surface area contributed by atoms with Crippen LogP contribution in [-0.4, -0.2) is 42.8 Å². The zero-order chi connectivity index (χ0) is 30.8. The summed E-state index contributed by atoms with van der Waals surface area (Å²) in [6, 6.07) is 15.5. The van der Waals surface area contributed by atoms with Gasteiger partial charge in [0.1, 0.15) is 12.7 Å². The molecule has 7 heteroatoms. The van der Waals surface area contributed by atoms with E-state index in [1.165, 1.54) is 14.0 Å². The van der Waals surface area contributed by atoms with E-state index in [0.717, 1.165) is 51.7 Å². The molecule has 7 nitrogen and oxygen atoms in total. The number of pyridine rings is 1. The number of allylic oxidation sites excluding steroid dienone is 2. The van der Waals surface area contributed by atoms with Crippen molar-refractivity contribution in [2.45, 2.75) is 67.1 Å². The van der Waals surface area contributed by atoms with Crippen LogP contribution in [0, 0.1) is 5.92 Å². The third-order valence-corrected chi connectivity index (χ3v) is 7.19. The predicted molar refractivity (Wildman–Crippen MR) is 168 cm³/mol. The lowest BCUT2D eigenvalue weighted by atomic mass is 9.89. The van der Waals surface area contributed by atoms with Crippen LogP contribution in [0.2, 0.25) is 0 Å². The van der Waals surface area contributed by atoms with Crippen molar-refractivity contribution in [3.05, 3.63) is 88.1 Å². The lowest BCUT2D eigenvalue weighted by Gasteiger charge is -2.20. The summed E-state index contributed by atoms with van der Waals surface area (Å²) in [5, 5.41) is 3.93. The van der Waals surface area contributed by atoms with E-state index in [0.29, 0.717) is 35.6 Å². The molecule has 42 heavy (non-hydrogen) atoms. The summed E-state index contributed by atoms with van der Waals surface area (Å²) >= 11 is 0. The number of hydrogen-bond acceptors (Lipinski definition) is 6. The average Bonchev–Trinajstić information content (AvgIpc) is 2.96. The summed E-state index contributed by atoms with van der Waals surface area (Å²) in [5.74, 6) is 0.0136. The number of anilines is 1. The molecule has 0 aliphatic heterocycles. The van der Waals surface area contributed by atoms with Crippen LogP contribution in [0.4, 0.5) is 5.69 Å². The van der Waals surface area contributed by atoms with Gasteiger partial charge in [0.2, 0.25) is 5.91 Å². The Morgan fingerprint density at radius 1 is 1.02 bits per heavy atom. The summed E-state index contributed by atoms with van der Waals surface area (Å²) in [6.07, 6.45) is 3.26. The van der Waals surface area contributed by atoms with Gasteiger partial charge in [-0.25, -0.2) is 4.98 Å². The zero-order valence-electron chi connectivity index (χ0n) is 25.7. The van der Waals surface area contributed by atoms with E-state index in [1.807, 2.05) is 61.5 Å². The highest BCUT2D eigenvalue weighted by Gasteiger charge is 2.20. The van der Waals surface area contributed by atoms with Crippen LogP contribution in [0.1, 0.15) is 63.9 Å². The fourth-order valence-electron chi connectivity index (χ4n) is 5.00. The number of carbonyl (C=O) groups excluding carboxylic acids is 3. The Balaban J connectivity index is 2.01. The van der Waals surface area contributed by atoms with Gasteiger partial charge in [-0.15, -0.1) is 0 Å². The number of ketones is 1. The molecule has 1 unspecified atom stereocenters. The highest BCUT2D eigenvalue weighted by Crippen LogP contribution is 2.33. The first-order valence-corrected chi connectivity index (χ1v) is 14.3. The van der Waals surface area contributed by atoms with Crippen molar-refractivity contribution in [2.24, 2.45) is 5.92 Å². The Kier molecular flexibility index (Phi) is 11.9. The summed E-state index contributed by atoms with van der Waals surface area (Å²) < 4.78 is 11.0. The monoisotopic (exact) mass is 570 g/mol. The number of methoxy groups -OCH3 is 1. The van der Waals surface area contributed by atoms with Crippen molar-refractivity contribution >= 4 is 40.1 Å². The number of nitrogens with one attached hydrogen (secondary N) is 1. The molecule has 3 rings (SSSR count).